The topological polar surface area (TPSA) is 76.7 Å². The van der Waals surface area contributed by atoms with Gasteiger partial charge in [0.15, 0.2) is 0 Å². The number of rotatable bonds is 8. The fraction of sp³-hybridized carbons (Fsp3) is 0.167. The van der Waals surface area contributed by atoms with Gasteiger partial charge in [0.2, 0.25) is 5.91 Å². The number of hydrogen-bond acceptors (Lipinski definition) is 4. The highest BCUT2D eigenvalue weighted by Gasteiger charge is 2.15. The monoisotopic (exact) mass is 440 g/mol. The molecule has 0 fully saturated rings. The van der Waals surface area contributed by atoms with Crippen molar-refractivity contribution < 1.29 is 27.8 Å². The van der Waals surface area contributed by atoms with E-state index in [1.807, 2.05) is 6.92 Å². The number of carbonyl (C=O) groups is 2. The van der Waals surface area contributed by atoms with Crippen molar-refractivity contribution in [1.29, 1.82) is 0 Å². The van der Waals surface area contributed by atoms with Crippen molar-refractivity contribution in [3.8, 4) is 22.6 Å². The summed E-state index contributed by atoms with van der Waals surface area (Å²) in [4.78, 5) is 24.4. The summed E-state index contributed by atoms with van der Waals surface area (Å²) in [5, 5.41) is 4.99. The van der Waals surface area contributed by atoms with E-state index in [4.69, 9.17) is 9.47 Å². The van der Waals surface area contributed by atoms with Gasteiger partial charge >= 0.3 is 0 Å². The number of amides is 2. The molecule has 2 N–H and O–H groups in total. The molecule has 0 aromatic heterocycles. The molecule has 3 aromatic carbocycles. The molecule has 0 bridgehead atoms. The maximum atomic E-state index is 14.5. The number of carbonyl (C=O) groups excluding carboxylic acids is 2. The molecule has 0 aliphatic carbocycles. The van der Waals surface area contributed by atoms with Gasteiger partial charge in [0.05, 0.1) is 25.8 Å². The van der Waals surface area contributed by atoms with Gasteiger partial charge in [-0.25, -0.2) is 8.78 Å². The maximum absolute atomic E-state index is 14.5. The van der Waals surface area contributed by atoms with Crippen LogP contribution in [0.15, 0.2) is 60.7 Å². The van der Waals surface area contributed by atoms with Gasteiger partial charge in [0.25, 0.3) is 5.91 Å². The largest absolute Gasteiger partial charge is 0.497 e. The average molecular weight is 440 g/mol. The molecule has 0 spiro atoms. The SMILES string of the molecule is CCOc1ccc(NC(=O)CNC(=O)c2ccc(-c3ccc(OC)cc3F)cc2F)cc1. The van der Waals surface area contributed by atoms with E-state index in [1.54, 1.807) is 30.3 Å². The molecule has 0 radical (unpaired) electrons. The molecule has 0 saturated heterocycles. The Hall–Kier alpha value is -3.94. The van der Waals surface area contributed by atoms with E-state index < -0.39 is 23.4 Å². The van der Waals surface area contributed by atoms with E-state index in [1.165, 1.54) is 31.4 Å². The first-order chi connectivity index (χ1) is 15.4. The Kier molecular flexibility index (Phi) is 7.38. The fourth-order valence-electron chi connectivity index (χ4n) is 2.99. The van der Waals surface area contributed by atoms with Crippen molar-refractivity contribution in [3.63, 3.8) is 0 Å². The minimum Gasteiger partial charge on any atom is -0.497 e. The van der Waals surface area contributed by atoms with E-state index in [2.05, 4.69) is 10.6 Å². The number of hydrogen-bond donors (Lipinski definition) is 2. The lowest BCUT2D eigenvalue weighted by Crippen LogP contribution is -2.33. The van der Waals surface area contributed by atoms with Gasteiger partial charge in [-0.15, -0.1) is 0 Å². The third kappa shape index (κ3) is 5.60. The number of halogens is 2. The van der Waals surface area contributed by atoms with Crippen molar-refractivity contribution in [2.24, 2.45) is 0 Å². The highest BCUT2D eigenvalue weighted by atomic mass is 19.1. The van der Waals surface area contributed by atoms with Crippen LogP contribution in [0.2, 0.25) is 0 Å². The highest BCUT2D eigenvalue weighted by Crippen LogP contribution is 2.27. The minimum absolute atomic E-state index is 0.173. The summed E-state index contributed by atoms with van der Waals surface area (Å²) in [5.41, 5.74) is 0.722. The van der Waals surface area contributed by atoms with Crippen LogP contribution in [0.1, 0.15) is 17.3 Å². The Morgan fingerprint density at radius 2 is 1.62 bits per heavy atom. The molecule has 0 heterocycles. The Morgan fingerprint density at radius 1 is 0.906 bits per heavy atom. The standard InChI is InChI=1S/C24H22F2N2O4/c1-3-32-17-7-5-16(6-8-17)28-23(29)14-27-24(30)20-10-4-15(12-21(20)25)19-11-9-18(31-2)13-22(19)26/h4-13H,3,14H2,1-2H3,(H,27,30)(H,28,29). The Balaban J connectivity index is 1.61. The molecule has 0 atom stereocenters. The van der Waals surface area contributed by atoms with E-state index in [0.29, 0.717) is 23.8 Å². The van der Waals surface area contributed by atoms with Gasteiger partial charge in [0.1, 0.15) is 23.1 Å². The first-order valence-electron chi connectivity index (χ1n) is 9.85. The first-order valence-corrected chi connectivity index (χ1v) is 9.85. The third-order valence-electron chi connectivity index (χ3n) is 4.56. The number of ether oxygens (including phenoxy) is 2. The lowest BCUT2D eigenvalue weighted by atomic mass is 10.0. The van der Waals surface area contributed by atoms with E-state index in [9.17, 15) is 18.4 Å². The zero-order chi connectivity index (χ0) is 23.1. The second-order valence-electron chi connectivity index (χ2n) is 6.73. The summed E-state index contributed by atoms with van der Waals surface area (Å²) in [7, 11) is 1.42. The van der Waals surface area contributed by atoms with E-state index in [0.717, 1.165) is 6.07 Å². The zero-order valence-corrected chi connectivity index (χ0v) is 17.6. The summed E-state index contributed by atoms with van der Waals surface area (Å²) in [6.45, 7) is 2.05. The Morgan fingerprint density at radius 3 is 2.25 bits per heavy atom. The van der Waals surface area contributed by atoms with E-state index in [-0.39, 0.29) is 23.2 Å². The van der Waals surface area contributed by atoms with Crippen LogP contribution in [0.4, 0.5) is 14.5 Å². The van der Waals surface area contributed by atoms with E-state index >= 15 is 0 Å². The van der Waals surface area contributed by atoms with Crippen molar-refractivity contribution in [2.75, 3.05) is 25.6 Å². The summed E-state index contributed by atoms with van der Waals surface area (Å²) in [6, 6.07) is 14.7. The molecule has 32 heavy (non-hydrogen) atoms. The molecular weight excluding hydrogens is 418 g/mol. The van der Waals surface area contributed by atoms with Crippen LogP contribution in [0.5, 0.6) is 11.5 Å². The second kappa shape index (κ2) is 10.4. The van der Waals surface area contributed by atoms with Crippen molar-refractivity contribution >= 4 is 17.5 Å². The van der Waals surface area contributed by atoms with Gasteiger partial charge in [-0.2, -0.15) is 0 Å². The normalized spacial score (nSPS) is 10.4. The van der Waals surface area contributed by atoms with Crippen molar-refractivity contribution in [1.82, 2.24) is 5.32 Å². The molecule has 3 aromatic rings. The summed E-state index contributed by atoms with van der Waals surface area (Å²) in [6.07, 6.45) is 0. The second-order valence-corrected chi connectivity index (χ2v) is 6.73. The van der Waals surface area contributed by atoms with Crippen molar-refractivity contribution in [3.05, 3.63) is 77.9 Å². The average Bonchev–Trinajstić information content (AvgIpc) is 2.78. The predicted molar refractivity (Wildman–Crippen MR) is 117 cm³/mol. The molecule has 0 aliphatic rings. The number of methoxy groups -OCH3 is 1. The molecule has 3 rings (SSSR count). The lowest BCUT2D eigenvalue weighted by Gasteiger charge is -2.10. The summed E-state index contributed by atoms with van der Waals surface area (Å²) >= 11 is 0. The van der Waals surface area contributed by atoms with Crippen LogP contribution in [-0.4, -0.2) is 32.1 Å². The van der Waals surface area contributed by atoms with Gasteiger partial charge < -0.3 is 20.1 Å². The van der Waals surface area contributed by atoms with Crippen LogP contribution in [-0.2, 0) is 4.79 Å². The van der Waals surface area contributed by atoms with Crippen LogP contribution < -0.4 is 20.1 Å². The molecule has 0 unspecified atom stereocenters. The summed E-state index contributed by atoms with van der Waals surface area (Å²) in [5.74, 6) is -1.63. The molecule has 6 nitrogen and oxygen atoms in total. The lowest BCUT2D eigenvalue weighted by molar-refractivity contribution is -0.115. The number of anilines is 1. The van der Waals surface area contributed by atoms with Crippen molar-refractivity contribution in [2.45, 2.75) is 6.92 Å². The van der Waals surface area contributed by atoms with Gasteiger partial charge in [-0.3, -0.25) is 9.59 Å². The molecule has 2 amide bonds. The number of benzene rings is 3. The molecule has 166 valence electrons. The summed E-state index contributed by atoms with van der Waals surface area (Å²) < 4.78 is 39.0. The molecule has 0 aliphatic heterocycles. The van der Waals surface area contributed by atoms with Crippen LogP contribution in [0.25, 0.3) is 11.1 Å². The van der Waals surface area contributed by atoms with Gasteiger partial charge in [-0.05, 0) is 61.0 Å². The molecular formula is C24H22F2N2O4. The maximum Gasteiger partial charge on any atom is 0.254 e. The molecule has 0 saturated carbocycles. The fourth-order valence-corrected chi connectivity index (χ4v) is 2.99. The highest BCUT2D eigenvalue weighted by molar-refractivity contribution is 5.99. The Labute approximate surface area is 184 Å². The van der Waals surface area contributed by atoms with Gasteiger partial charge in [0, 0.05) is 17.3 Å². The first kappa shape index (κ1) is 22.7. The quantitative estimate of drug-likeness (QED) is 0.544. The Bertz CT molecular complexity index is 1120. The minimum atomic E-state index is -0.831. The van der Waals surface area contributed by atoms with Crippen LogP contribution >= 0.6 is 0 Å². The van der Waals surface area contributed by atoms with Crippen LogP contribution in [0, 0.1) is 11.6 Å². The number of nitrogens with one attached hydrogen (secondary N) is 2. The predicted octanol–water partition coefficient (Wildman–Crippen LogP) is 4.41. The smallest absolute Gasteiger partial charge is 0.254 e. The third-order valence-corrected chi connectivity index (χ3v) is 4.56. The molecule has 8 heteroatoms. The zero-order valence-electron chi connectivity index (χ0n) is 17.6. The van der Waals surface area contributed by atoms with Gasteiger partial charge in [-0.1, -0.05) is 6.07 Å². The van der Waals surface area contributed by atoms with Crippen LogP contribution in [0.3, 0.4) is 0 Å².